The number of amides is 1. The predicted molar refractivity (Wildman–Crippen MR) is 83.6 cm³/mol. The number of rotatable bonds is 4. The Labute approximate surface area is 124 Å². The summed E-state index contributed by atoms with van der Waals surface area (Å²) in [6, 6.07) is 0.361. The van der Waals surface area contributed by atoms with Crippen molar-refractivity contribution in [1.29, 1.82) is 0 Å². The highest BCUT2D eigenvalue weighted by atomic mass is 16.2. The van der Waals surface area contributed by atoms with E-state index in [1.165, 1.54) is 19.3 Å². The fourth-order valence-corrected chi connectivity index (χ4v) is 4.04. The Balaban J connectivity index is 2.04. The fraction of sp³-hybridized carbons (Fsp3) is 0.941. The second-order valence-corrected chi connectivity index (χ2v) is 7.57. The van der Waals surface area contributed by atoms with E-state index in [1.807, 2.05) is 0 Å². The Morgan fingerprint density at radius 1 is 1.25 bits per heavy atom. The Hall–Kier alpha value is -0.570. The van der Waals surface area contributed by atoms with Crippen molar-refractivity contribution in [2.24, 2.45) is 10.8 Å². The van der Waals surface area contributed by atoms with Gasteiger partial charge < -0.3 is 10.6 Å². The molecule has 3 heteroatoms. The first-order valence-electron chi connectivity index (χ1n) is 8.52. The minimum absolute atomic E-state index is 0.152. The maximum atomic E-state index is 12.9. The molecular formula is C17H32N2O. The molecule has 20 heavy (non-hydrogen) atoms. The van der Waals surface area contributed by atoms with E-state index < -0.39 is 0 Å². The minimum atomic E-state index is -0.152. The molecule has 1 aliphatic carbocycles. The van der Waals surface area contributed by atoms with Gasteiger partial charge in [-0.1, -0.05) is 40.0 Å². The van der Waals surface area contributed by atoms with E-state index >= 15 is 0 Å². The van der Waals surface area contributed by atoms with Gasteiger partial charge in [-0.05, 0) is 44.1 Å². The van der Waals surface area contributed by atoms with Crippen molar-refractivity contribution in [2.45, 2.75) is 78.2 Å². The molecule has 2 fully saturated rings. The van der Waals surface area contributed by atoms with Crippen molar-refractivity contribution in [2.75, 3.05) is 13.1 Å². The summed E-state index contributed by atoms with van der Waals surface area (Å²) < 4.78 is 0. The molecule has 1 heterocycles. The number of hydrogen-bond acceptors (Lipinski definition) is 2. The molecule has 0 aromatic heterocycles. The fourth-order valence-electron chi connectivity index (χ4n) is 4.04. The second kappa shape index (κ2) is 6.46. The zero-order valence-corrected chi connectivity index (χ0v) is 13.6. The summed E-state index contributed by atoms with van der Waals surface area (Å²) in [4.78, 5) is 12.9. The second-order valence-electron chi connectivity index (χ2n) is 7.57. The van der Waals surface area contributed by atoms with Crippen molar-refractivity contribution in [3.05, 3.63) is 0 Å². The maximum Gasteiger partial charge on any atom is 0.227 e. The lowest BCUT2D eigenvalue weighted by atomic mass is 9.71. The first kappa shape index (κ1) is 15.8. The summed E-state index contributed by atoms with van der Waals surface area (Å²) in [6.07, 6.45) is 9.22. The number of piperidine rings is 1. The summed E-state index contributed by atoms with van der Waals surface area (Å²) in [5, 5.41) is 6.86. The summed E-state index contributed by atoms with van der Waals surface area (Å²) in [6.45, 7) is 8.73. The molecule has 2 rings (SSSR count). The average molecular weight is 280 g/mol. The van der Waals surface area contributed by atoms with Crippen LogP contribution in [-0.4, -0.2) is 25.0 Å². The molecule has 1 aliphatic heterocycles. The van der Waals surface area contributed by atoms with Crippen molar-refractivity contribution < 1.29 is 4.79 Å². The lowest BCUT2D eigenvalue weighted by Gasteiger charge is -2.43. The Bertz CT molecular complexity index is 326. The van der Waals surface area contributed by atoms with Crippen LogP contribution >= 0.6 is 0 Å². The molecule has 2 unspecified atom stereocenters. The molecule has 2 N–H and O–H groups in total. The molecule has 1 amide bonds. The van der Waals surface area contributed by atoms with Crippen LogP contribution in [0.5, 0.6) is 0 Å². The van der Waals surface area contributed by atoms with Crippen molar-refractivity contribution >= 4 is 5.91 Å². The van der Waals surface area contributed by atoms with Crippen LogP contribution in [0.2, 0.25) is 0 Å². The Morgan fingerprint density at radius 2 is 2.05 bits per heavy atom. The van der Waals surface area contributed by atoms with Gasteiger partial charge in [0.1, 0.15) is 0 Å². The SMILES string of the molecule is CCCC1(C(=O)NC2CCCCC2(C)C)CCCNC1. The topological polar surface area (TPSA) is 41.1 Å². The van der Waals surface area contributed by atoms with Gasteiger partial charge in [-0.3, -0.25) is 4.79 Å². The van der Waals surface area contributed by atoms with E-state index in [4.69, 9.17) is 0 Å². The number of hydrogen-bond donors (Lipinski definition) is 2. The predicted octanol–water partition coefficient (Wildman–Crippen LogP) is 3.24. The average Bonchev–Trinajstić information content (AvgIpc) is 2.42. The van der Waals surface area contributed by atoms with Gasteiger partial charge in [0.15, 0.2) is 0 Å². The van der Waals surface area contributed by atoms with Crippen LogP contribution in [0.3, 0.4) is 0 Å². The zero-order valence-electron chi connectivity index (χ0n) is 13.6. The molecule has 116 valence electrons. The highest BCUT2D eigenvalue weighted by Crippen LogP contribution is 2.37. The first-order chi connectivity index (χ1) is 9.50. The molecule has 0 aromatic rings. The molecule has 0 radical (unpaired) electrons. The third-order valence-electron chi connectivity index (χ3n) is 5.50. The highest BCUT2D eigenvalue weighted by Gasteiger charge is 2.41. The third-order valence-corrected chi connectivity index (χ3v) is 5.50. The monoisotopic (exact) mass is 280 g/mol. The quantitative estimate of drug-likeness (QED) is 0.830. The molecule has 2 atom stereocenters. The van der Waals surface area contributed by atoms with Crippen LogP contribution in [0, 0.1) is 10.8 Å². The van der Waals surface area contributed by atoms with Crippen LogP contribution in [0.25, 0.3) is 0 Å². The molecule has 3 nitrogen and oxygen atoms in total. The summed E-state index contributed by atoms with van der Waals surface area (Å²) >= 11 is 0. The normalized spacial score (nSPS) is 33.6. The highest BCUT2D eigenvalue weighted by molar-refractivity contribution is 5.83. The standard InChI is InChI=1S/C17H32N2O/c1-4-9-17(11-7-12-18-13-17)15(20)19-14-8-5-6-10-16(14,2)3/h14,18H,4-13H2,1-3H3,(H,19,20). The van der Waals surface area contributed by atoms with Crippen LogP contribution in [0.15, 0.2) is 0 Å². The lowest BCUT2D eigenvalue weighted by molar-refractivity contribution is -0.134. The van der Waals surface area contributed by atoms with E-state index in [9.17, 15) is 4.79 Å². The maximum absolute atomic E-state index is 12.9. The van der Waals surface area contributed by atoms with E-state index in [2.05, 4.69) is 31.4 Å². The van der Waals surface area contributed by atoms with Crippen LogP contribution in [0.4, 0.5) is 0 Å². The van der Waals surface area contributed by atoms with Gasteiger partial charge in [-0.15, -0.1) is 0 Å². The Morgan fingerprint density at radius 3 is 2.65 bits per heavy atom. The van der Waals surface area contributed by atoms with Crippen LogP contribution in [-0.2, 0) is 4.79 Å². The molecule has 0 aromatic carbocycles. The number of carbonyl (C=O) groups excluding carboxylic acids is 1. The minimum Gasteiger partial charge on any atom is -0.352 e. The smallest absolute Gasteiger partial charge is 0.227 e. The van der Waals surface area contributed by atoms with E-state index in [1.54, 1.807) is 0 Å². The molecule has 0 spiro atoms. The first-order valence-corrected chi connectivity index (χ1v) is 8.52. The van der Waals surface area contributed by atoms with E-state index in [-0.39, 0.29) is 10.8 Å². The molecular weight excluding hydrogens is 248 g/mol. The summed E-state index contributed by atoms with van der Waals surface area (Å²) in [7, 11) is 0. The van der Waals surface area contributed by atoms with Gasteiger partial charge in [0.05, 0.1) is 5.41 Å². The zero-order chi connectivity index (χ0) is 14.6. The van der Waals surface area contributed by atoms with Crippen LogP contribution in [0.1, 0.15) is 72.1 Å². The summed E-state index contributed by atoms with van der Waals surface area (Å²) in [5.41, 5.74) is 0.101. The Kier molecular flexibility index (Phi) is 5.11. The van der Waals surface area contributed by atoms with Gasteiger partial charge in [0.25, 0.3) is 0 Å². The largest absolute Gasteiger partial charge is 0.352 e. The van der Waals surface area contributed by atoms with Gasteiger partial charge in [0.2, 0.25) is 5.91 Å². The molecule has 0 bridgehead atoms. The lowest BCUT2D eigenvalue weighted by Crippen LogP contribution is -2.56. The van der Waals surface area contributed by atoms with Crippen molar-refractivity contribution in [1.82, 2.24) is 10.6 Å². The van der Waals surface area contributed by atoms with Crippen molar-refractivity contribution in [3.63, 3.8) is 0 Å². The van der Waals surface area contributed by atoms with Gasteiger partial charge >= 0.3 is 0 Å². The third kappa shape index (κ3) is 3.36. The van der Waals surface area contributed by atoms with Crippen LogP contribution < -0.4 is 10.6 Å². The van der Waals surface area contributed by atoms with Crippen molar-refractivity contribution in [3.8, 4) is 0 Å². The molecule has 1 saturated carbocycles. The van der Waals surface area contributed by atoms with E-state index in [0.717, 1.165) is 45.2 Å². The molecule has 2 aliphatic rings. The van der Waals surface area contributed by atoms with Gasteiger partial charge in [-0.2, -0.15) is 0 Å². The number of carbonyl (C=O) groups is 1. The molecule has 1 saturated heterocycles. The van der Waals surface area contributed by atoms with Gasteiger partial charge in [0, 0.05) is 12.6 Å². The van der Waals surface area contributed by atoms with Gasteiger partial charge in [-0.25, -0.2) is 0 Å². The number of nitrogens with one attached hydrogen (secondary N) is 2. The summed E-state index contributed by atoms with van der Waals surface area (Å²) in [5.74, 6) is 0.312. The van der Waals surface area contributed by atoms with E-state index in [0.29, 0.717) is 11.9 Å².